The van der Waals surface area contributed by atoms with E-state index in [1.165, 1.54) is 0 Å². The van der Waals surface area contributed by atoms with Gasteiger partial charge in [-0.05, 0) is 29.7 Å². The lowest BCUT2D eigenvalue weighted by Crippen LogP contribution is -2.56. The van der Waals surface area contributed by atoms with Gasteiger partial charge in [0.05, 0.1) is 25.3 Å². The van der Waals surface area contributed by atoms with Crippen LogP contribution in [0.25, 0.3) is 5.57 Å². The number of hydrogen-bond acceptors (Lipinski definition) is 4. The molecule has 0 spiro atoms. The van der Waals surface area contributed by atoms with E-state index >= 15 is 0 Å². The fraction of sp³-hybridized carbons (Fsp3) is 0.300. The van der Waals surface area contributed by atoms with Crippen LogP contribution in [0.5, 0.6) is 0 Å². The van der Waals surface area contributed by atoms with Crippen molar-refractivity contribution >= 4 is 34.9 Å². The molecule has 2 aliphatic heterocycles. The smallest absolute Gasteiger partial charge is 0.411 e. The van der Waals surface area contributed by atoms with E-state index in [2.05, 4.69) is 4.98 Å². The molecule has 2 atom stereocenters. The number of nitrogens with zero attached hydrogens (tertiary/aromatic N) is 2. The minimum absolute atomic E-state index is 0.0984. The Hall–Kier alpha value is -2.08. The highest BCUT2D eigenvalue weighted by Crippen LogP contribution is 2.35. The molecule has 2 unspecified atom stereocenters. The number of carbonyl (C=O) groups is 1. The van der Waals surface area contributed by atoms with E-state index in [1.54, 1.807) is 11.0 Å². The molecule has 4 rings (SSSR count). The van der Waals surface area contributed by atoms with Crippen LogP contribution in [0.15, 0.2) is 48.5 Å². The summed E-state index contributed by atoms with van der Waals surface area (Å²) in [5, 5.41) is 0.725. The lowest BCUT2D eigenvalue weighted by Gasteiger charge is -2.43. The predicted octanol–water partition coefficient (Wildman–Crippen LogP) is 4.58. The first-order chi connectivity index (χ1) is 13.1. The summed E-state index contributed by atoms with van der Waals surface area (Å²) in [6, 6.07) is 12.9. The summed E-state index contributed by atoms with van der Waals surface area (Å²) in [4.78, 5) is 18.6. The van der Waals surface area contributed by atoms with Gasteiger partial charge in [0.2, 0.25) is 0 Å². The van der Waals surface area contributed by atoms with Crippen LogP contribution in [-0.2, 0) is 16.1 Å². The van der Waals surface area contributed by atoms with Gasteiger partial charge in [0.1, 0.15) is 16.9 Å². The van der Waals surface area contributed by atoms with Crippen molar-refractivity contribution in [3.05, 3.63) is 70.0 Å². The van der Waals surface area contributed by atoms with Crippen molar-refractivity contribution in [2.24, 2.45) is 0 Å². The van der Waals surface area contributed by atoms with Crippen molar-refractivity contribution in [1.82, 2.24) is 9.88 Å². The number of benzene rings is 1. The van der Waals surface area contributed by atoms with Crippen molar-refractivity contribution in [3.8, 4) is 0 Å². The summed E-state index contributed by atoms with van der Waals surface area (Å²) in [5.74, 6) is 0. The van der Waals surface area contributed by atoms with Gasteiger partial charge in [-0.2, -0.15) is 0 Å². The Morgan fingerprint density at radius 3 is 2.74 bits per heavy atom. The van der Waals surface area contributed by atoms with Gasteiger partial charge in [-0.3, -0.25) is 4.90 Å². The highest BCUT2D eigenvalue weighted by atomic mass is 35.5. The normalized spacial score (nSPS) is 21.6. The van der Waals surface area contributed by atoms with Crippen molar-refractivity contribution in [3.63, 3.8) is 0 Å². The minimum Gasteiger partial charge on any atom is -0.445 e. The number of hydrogen-bond donors (Lipinski definition) is 0. The first-order valence-corrected chi connectivity index (χ1v) is 9.47. The van der Waals surface area contributed by atoms with Crippen LogP contribution in [0.3, 0.4) is 0 Å². The van der Waals surface area contributed by atoms with E-state index in [4.69, 9.17) is 32.7 Å². The van der Waals surface area contributed by atoms with Crippen molar-refractivity contribution in [1.29, 1.82) is 0 Å². The molecule has 27 heavy (non-hydrogen) atoms. The summed E-state index contributed by atoms with van der Waals surface area (Å²) < 4.78 is 11.2. The third-order valence-corrected chi connectivity index (χ3v) is 5.27. The Kier molecular flexibility index (Phi) is 5.34. The molecule has 5 nitrogen and oxygen atoms in total. The van der Waals surface area contributed by atoms with Crippen molar-refractivity contribution in [2.75, 3.05) is 13.2 Å². The zero-order valence-corrected chi connectivity index (χ0v) is 16.0. The van der Waals surface area contributed by atoms with E-state index < -0.39 is 0 Å². The number of aromatic nitrogens is 1. The van der Waals surface area contributed by atoms with E-state index in [-0.39, 0.29) is 24.8 Å². The molecule has 0 saturated carbocycles. The molecule has 0 N–H and O–H groups in total. The van der Waals surface area contributed by atoms with Crippen LogP contribution < -0.4 is 0 Å². The molecule has 1 aromatic carbocycles. The predicted molar refractivity (Wildman–Crippen MR) is 104 cm³/mol. The standard InChI is InChI=1S/C20H18Cl2N2O3/c21-18-7-6-17(19(22)23-18)14-8-15-11-26-12-16(9-14)24(15)20(25)27-10-13-4-2-1-3-5-13/h1-8,15-16H,9-12H2. The number of pyridine rings is 1. The van der Waals surface area contributed by atoms with Crippen LogP contribution in [-0.4, -0.2) is 41.3 Å². The number of rotatable bonds is 3. The second-order valence-corrected chi connectivity index (χ2v) is 7.32. The molecule has 3 heterocycles. The molecular weight excluding hydrogens is 387 g/mol. The quantitative estimate of drug-likeness (QED) is 0.702. The van der Waals surface area contributed by atoms with Gasteiger partial charge in [-0.25, -0.2) is 9.78 Å². The number of carbonyl (C=O) groups excluding carboxylic acids is 1. The molecule has 2 aliphatic rings. The van der Waals surface area contributed by atoms with E-state index in [0.29, 0.717) is 29.9 Å². The van der Waals surface area contributed by atoms with Crippen molar-refractivity contribution in [2.45, 2.75) is 25.1 Å². The Labute approximate surface area is 167 Å². The molecule has 1 amide bonds. The average Bonchev–Trinajstić information content (AvgIpc) is 2.66. The largest absolute Gasteiger partial charge is 0.445 e. The SMILES string of the molecule is O=C(OCc1ccccc1)N1C2C=C(c3ccc(Cl)nc3Cl)CC1COC2. The molecule has 1 fully saturated rings. The van der Waals surface area contributed by atoms with Gasteiger partial charge >= 0.3 is 6.09 Å². The molecule has 2 bridgehead atoms. The molecule has 0 radical (unpaired) electrons. The summed E-state index contributed by atoms with van der Waals surface area (Å²) in [5.41, 5.74) is 2.85. The first kappa shape index (κ1) is 18.3. The zero-order valence-electron chi connectivity index (χ0n) is 14.5. The van der Waals surface area contributed by atoms with E-state index in [0.717, 1.165) is 16.7 Å². The molecule has 2 aromatic rings. The van der Waals surface area contributed by atoms with E-state index in [1.807, 2.05) is 42.5 Å². The Morgan fingerprint density at radius 1 is 1.19 bits per heavy atom. The minimum atomic E-state index is -0.326. The average molecular weight is 405 g/mol. The third kappa shape index (κ3) is 3.95. The number of ether oxygens (including phenoxy) is 2. The second kappa shape index (κ2) is 7.89. The zero-order chi connectivity index (χ0) is 18.8. The monoisotopic (exact) mass is 404 g/mol. The summed E-state index contributed by atoms with van der Waals surface area (Å²) in [6.45, 7) is 1.14. The molecule has 0 aliphatic carbocycles. The molecule has 1 saturated heterocycles. The molecule has 1 aromatic heterocycles. The van der Waals surface area contributed by atoms with Crippen LogP contribution >= 0.6 is 23.2 Å². The van der Waals surface area contributed by atoms with Crippen molar-refractivity contribution < 1.29 is 14.3 Å². The summed E-state index contributed by atoms with van der Waals surface area (Å²) in [7, 11) is 0. The number of fused-ring (bicyclic) bond motifs is 2. The Balaban J connectivity index is 1.52. The van der Waals surface area contributed by atoms with Gasteiger partial charge in [0.25, 0.3) is 0 Å². The van der Waals surface area contributed by atoms with Crippen LogP contribution in [0.4, 0.5) is 4.79 Å². The Bertz CT molecular complexity index is 873. The van der Waals surface area contributed by atoms with Crippen LogP contribution in [0.2, 0.25) is 10.3 Å². The number of morpholine rings is 1. The number of halogens is 2. The third-order valence-electron chi connectivity index (χ3n) is 4.78. The maximum atomic E-state index is 12.7. The lowest BCUT2D eigenvalue weighted by atomic mass is 9.91. The first-order valence-electron chi connectivity index (χ1n) is 8.71. The maximum Gasteiger partial charge on any atom is 0.411 e. The second-order valence-electron chi connectivity index (χ2n) is 6.57. The van der Waals surface area contributed by atoms with Crippen LogP contribution in [0.1, 0.15) is 17.5 Å². The molecular formula is C20H18Cl2N2O3. The lowest BCUT2D eigenvalue weighted by molar-refractivity contribution is -0.0342. The van der Waals surface area contributed by atoms with Gasteiger partial charge in [0.15, 0.2) is 0 Å². The fourth-order valence-electron chi connectivity index (χ4n) is 3.53. The highest BCUT2D eigenvalue weighted by molar-refractivity contribution is 6.33. The summed E-state index contributed by atoms with van der Waals surface area (Å²) in [6.07, 6.45) is 2.31. The molecule has 7 heteroatoms. The van der Waals surface area contributed by atoms with Gasteiger partial charge in [0, 0.05) is 5.56 Å². The van der Waals surface area contributed by atoms with E-state index in [9.17, 15) is 4.79 Å². The van der Waals surface area contributed by atoms with Gasteiger partial charge in [-0.1, -0.05) is 59.6 Å². The molecule has 140 valence electrons. The van der Waals surface area contributed by atoms with Gasteiger partial charge in [-0.15, -0.1) is 0 Å². The highest BCUT2D eigenvalue weighted by Gasteiger charge is 2.39. The maximum absolute atomic E-state index is 12.7. The Morgan fingerprint density at radius 2 is 2.00 bits per heavy atom. The summed E-state index contributed by atoms with van der Waals surface area (Å²) >= 11 is 12.2. The number of amides is 1. The van der Waals surface area contributed by atoms with Gasteiger partial charge < -0.3 is 9.47 Å². The van der Waals surface area contributed by atoms with Crippen LogP contribution in [0, 0.1) is 0 Å². The topological polar surface area (TPSA) is 51.7 Å². The fourth-order valence-corrected chi connectivity index (χ4v) is 3.99.